The van der Waals surface area contributed by atoms with E-state index < -0.39 is 24.5 Å². The van der Waals surface area contributed by atoms with Crippen LogP contribution in [0.2, 0.25) is 0 Å². The lowest BCUT2D eigenvalue weighted by atomic mass is 10.2. The molecule has 0 fully saturated rings. The number of aliphatic hydroxyl groups excluding tert-OH is 1. The first kappa shape index (κ1) is 10.6. The minimum Gasteiger partial charge on any atom is -0.479 e. The maximum atomic E-state index is 12.4. The lowest BCUT2D eigenvalue weighted by Gasteiger charge is -2.16. The third kappa shape index (κ3) is 2.69. The number of carboxylic acids is 1. The lowest BCUT2D eigenvalue weighted by molar-refractivity contribution is -0.168. The smallest absolute Gasteiger partial charge is 0.338 e. The van der Waals surface area contributed by atoms with Crippen LogP contribution in [0.15, 0.2) is 5.11 Å². The van der Waals surface area contributed by atoms with Gasteiger partial charge in [0, 0.05) is 4.91 Å². The number of carboxylic acid groups (broad SMARTS) is 1. The molecule has 0 aromatic carbocycles. The molecule has 0 aliphatic heterocycles. The van der Waals surface area contributed by atoms with Crippen molar-refractivity contribution in [1.82, 2.24) is 0 Å². The highest BCUT2D eigenvalue weighted by Gasteiger charge is 2.42. The molecule has 1 unspecified atom stereocenters. The van der Waals surface area contributed by atoms with E-state index >= 15 is 0 Å². The monoisotopic (exact) mass is 181 g/mol. The van der Waals surface area contributed by atoms with E-state index in [9.17, 15) is 13.6 Å². The molecule has 2 N–H and O–H groups in total. The van der Waals surface area contributed by atoms with Gasteiger partial charge in [-0.15, -0.1) is 0 Å². The molecule has 0 rings (SSSR count). The Morgan fingerprint density at radius 2 is 2.25 bits per heavy atom. The van der Waals surface area contributed by atoms with Crippen molar-refractivity contribution in [3.63, 3.8) is 0 Å². The van der Waals surface area contributed by atoms with E-state index in [2.05, 4.69) is 5.11 Å². The summed E-state index contributed by atoms with van der Waals surface area (Å²) in [6.07, 6.45) is -2.84. The minimum atomic E-state index is -3.93. The van der Waals surface area contributed by atoms with Crippen LogP contribution < -0.4 is 0 Å². The van der Waals surface area contributed by atoms with Gasteiger partial charge in [0.2, 0.25) is 6.10 Å². The maximum Gasteiger partial charge on any atom is 0.338 e. The Morgan fingerprint density at radius 3 is 2.58 bits per heavy atom. The first-order valence-electron chi connectivity index (χ1n) is 2.71. The second-order valence-electron chi connectivity index (χ2n) is 1.89. The normalized spacial score (nSPS) is 13.2. The summed E-state index contributed by atoms with van der Waals surface area (Å²) in [6.45, 7) is -1.38. The summed E-state index contributed by atoms with van der Waals surface area (Å²) in [5.41, 5.74) is 7.65. The third-order valence-electron chi connectivity index (χ3n) is 0.979. The van der Waals surface area contributed by atoms with Gasteiger partial charge in [0.25, 0.3) is 5.92 Å². The first-order chi connectivity index (χ1) is 5.41. The average molecular weight is 181 g/mol. The van der Waals surface area contributed by atoms with E-state index in [0.717, 1.165) is 0 Å². The zero-order valence-electron chi connectivity index (χ0n) is 5.68. The quantitative estimate of drug-likeness (QED) is 0.371. The van der Waals surface area contributed by atoms with E-state index in [-0.39, 0.29) is 0 Å². The van der Waals surface area contributed by atoms with Crippen molar-refractivity contribution in [3.8, 4) is 0 Å². The Labute approximate surface area is 65.0 Å². The second kappa shape index (κ2) is 3.84. The molecule has 0 aliphatic carbocycles. The Bertz CT molecular complexity index is 226. The van der Waals surface area contributed by atoms with Gasteiger partial charge in [-0.2, -0.15) is 0 Å². The Balaban J connectivity index is 4.37. The molecule has 0 heterocycles. The summed E-state index contributed by atoms with van der Waals surface area (Å²) in [7, 11) is 0. The fourth-order valence-electron chi connectivity index (χ4n) is 0.393. The van der Waals surface area contributed by atoms with E-state index in [1.165, 1.54) is 0 Å². The molecule has 0 spiro atoms. The molecule has 12 heavy (non-hydrogen) atoms. The largest absolute Gasteiger partial charge is 0.479 e. The van der Waals surface area contributed by atoms with Gasteiger partial charge < -0.3 is 10.2 Å². The topological polar surface area (TPSA) is 106 Å². The van der Waals surface area contributed by atoms with Crippen molar-refractivity contribution >= 4 is 5.97 Å². The fourth-order valence-corrected chi connectivity index (χ4v) is 0.393. The SMILES string of the molecule is [N-]=[N+]=NCC(F)(F)C(O)C(=O)O. The second-order valence-corrected chi connectivity index (χ2v) is 1.89. The molecular weight excluding hydrogens is 176 g/mol. The lowest BCUT2D eigenvalue weighted by Crippen LogP contribution is -2.42. The van der Waals surface area contributed by atoms with Gasteiger partial charge in [-0.25, -0.2) is 13.6 Å². The highest BCUT2D eigenvalue weighted by atomic mass is 19.3. The van der Waals surface area contributed by atoms with Crippen LogP contribution in [-0.2, 0) is 4.79 Å². The van der Waals surface area contributed by atoms with Crippen molar-refractivity contribution in [2.45, 2.75) is 12.0 Å². The molecule has 8 heteroatoms. The standard InChI is InChI=1S/C4H5F2N3O3/c5-4(6,1-8-9-7)2(10)3(11)12/h2,10H,1H2,(H,11,12). The predicted octanol–water partition coefficient (Wildman–Crippen LogP) is 0.378. The number of rotatable bonds is 4. The van der Waals surface area contributed by atoms with Crippen molar-refractivity contribution < 1.29 is 23.8 Å². The van der Waals surface area contributed by atoms with Crippen molar-refractivity contribution in [2.75, 3.05) is 6.54 Å². The summed E-state index contributed by atoms with van der Waals surface area (Å²) in [6, 6.07) is 0. The zero-order valence-corrected chi connectivity index (χ0v) is 5.68. The summed E-state index contributed by atoms with van der Waals surface area (Å²) < 4.78 is 24.7. The molecule has 0 aromatic heterocycles. The van der Waals surface area contributed by atoms with Gasteiger partial charge >= 0.3 is 5.97 Å². The van der Waals surface area contributed by atoms with Gasteiger partial charge in [-0.05, 0) is 5.53 Å². The number of aliphatic carboxylic acids is 1. The molecule has 0 aliphatic rings. The Morgan fingerprint density at radius 1 is 1.75 bits per heavy atom. The van der Waals surface area contributed by atoms with Crippen LogP contribution in [0.4, 0.5) is 8.78 Å². The molecule has 68 valence electrons. The van der Waals surface area contributed by atoms with E-state index in [1.54, 1.807) is 0 Å². The first-order valence-corrected chi connectivity index (χ1v) is 2.71. The average Bonchev–Trinajstić information content (AvgIpc) is 1.99. The van der Waals surface area contributed by atoms with Crippen LogP contribution in [0.5, 0.6) is 0 Å². The Kier molecular flexibility index (Phi) is 3.39. The molecule has 0 radical (unpaired) electrons. The molecule has 1 atom stereocenters. The van der Waals surface area contributed by atoms with Crippen molar-refractivity contribution in [3.05, 3.63) is 10.4 Å². The van der Waals surface area contributed by atoms with Crippen LogP contribution in [0.3, 0.4) is 0 Å². The molecule has 6 nitrogen and oxygen atoms in total. The van der Waals surface area contributed by atoms with Crippen LogP contribution in [0, 0.1) is 0 Å². The van der Waals surface area contributed by atoms with Crippen molar-refractivity contribution in [1.29, 1.82) is 0 Å². The number of halogens is 2. The number of hydrogen-bond acceptors (Lipinski definition) is 3. The van der Waals surface area contributed by atoms with Crippen LogP contribution in [0.25, 0.3) is 10.4 Å². The third-order valence-corrected chi connectivity index (χ3v) is 0.979. The Hall–Kier alpha value is -1.40. The van der Waals surface area contributed by atoms with Crippen LogP contribution in [0.1, 0.15) is 0 Å². The minimum absolute atomic E-state index is 1.38. The molecule has 0 amide bonds. The van der Waals surface area contributed by atoms with E-state index in [1.807, 2.05) is 4.91 Å². The van der Waals surface area contributed by atoms with Gasteiger partial charge in [-0.1, -0.05) is 5.11 Å². The molecule has 0 saturated heterocycles. The predicted molar refractivity (Wildman–Crippen MR) is 32.6 cm³/mol. The molecular formula is C4H5F2N3O3. The number of nitrogens with zero attached hydrogens (tertiary/aromatic N) is 3. The number of azide groups is 1. The van der Waals surface area contributed by atoms with Crippen molar-refractivity contribution in [2.24, 2.45) is 5.11 Å². The number of hydrogen-bond donors (Lipinski definition) is 2. The zero-order chi connectivity index (χ0) is 9.78. The van der Waals surface area contributed by atoms with Gasteiger partial charge in [0.05, 0.1) is 6.54 Å². The maximum absolute atomic E-state index is 12.4. The van der Waals surface area contributed by atoms with E-state index in [4.69, 9.17) is 15.7 Å². The summed E-state index contributed by atoms with van der Waals surface area (Å²) in [4.78, 5) is 11.8. The van der Waals surface area contributed by atoms with Gasteiger partial charge in [0.1, 0.15) is 0 Å². The summed E-state index contributed by atoms with van der Waals surface area (Å²) in [5.74, 6) is -5.99. The highest BCUT2D eigenvalue weighted by Crippen LogP contribution is 2.19. The summed E-state index contributed by atoms with van der Waals surface area (Å²) in [5, 5.41) is 18.8. The fraction of sp³-hybridized carbons (Fsp3) is 0.750. The van der Waals surface area contributed by atoms with Gasteiger partial charge in [-0.3, -0.25) is 0 Å². The van der Waals surface area contributed by atoms with Gasteiger partial charge in [0.15, 0.2) is 0 Å². The molecule has 0 saturated carbocycles. The number of alkyl halides is 2. The van der Waals surface area contributed by atoms with E-state index in [0.29, 0.717) is 0 Å². The number of aliphatic hydroxyl groups is 1. The number of carbonyl (C=O) groups is 1. The van der Waals surface area contributed by atoms with Crippen LogP contribution >= 0.6 is 0 Å². The summed E-state index contributed by atoms with van der Waals surface area (Å²) >= 11 is 0. The highest BCUT2D eigenvalue weighted by molar-refractivity contribution is 5.73. The van der Waals surface area contributed by atoms with Crippen LogP contribution in [-0.4, -0.2) is 34.8 Å². The molecule has 0 aromatic rings. The molecule has 0 bridgehead atoms.